The van der Waals surface area contributed by atoms with E-state index in [0.717, 1.165) is 10.9 Å². The molecule has 0 aliphatic rings. The van der Waals surface area contributed by atoms with Crippen LogP contribution in [0, 0.1) is 0 Å². The number of hydrogen-bond acceptors (Lipinski definition) is 2. The lowest BCUT2D eigenvalue weighted by Crippen LogP contribution is -2.19. The Bertz CT molecular complexity index is 504. The van der Waals surface area contributed by atoms with Crippen LogP contribution in [-0.2, 0) is 6.54 Å². The Balaban J connectivity index is 2.76. The van der Waals surface area contributed by atoms with Crippen molar-refractivity contribution < 1.29 is 0 Å². The molecule has 0 unspecified atom stereocenters. The predicted molar refractivity (Wildman–Crippen MR) is 62.1 cm³/mol. The van der Waals surface area contributed by atoms with Crippen LogP contribution >= 0.6 is 12.6 Å². The number of fused-ring (bicyclic) bond motifs is 1. The van der Waals surface area contributed by atoms with Gasteiger partial charge in [0.25, 0.3) is 5.56 Å². The van der Waals surface area contributed by atoms with Gasteiger partial charge in [-0.05, 0) is 17.5 Å². The van der Waals surface area contributed by atoms with Crippen LogP contribution in [0.5, 0.6) is 0 Å². The number of thiol groups is 1. The third-order valence-corrected chi connectivity index (χ3v) is 2.42. The number of hydrogen-bond donors (Lipinski definition) is 1. The quantitative estimate of drug-likeness (QED) is 0.743. The third kappa shape index (κ3) is 1.55. The zero-order chi connectivity index (χ0) is 9.97. The lowest BCUT2D eigenvalue weighted by Gasteiger charge is -2.07. The third-order valence-electron chi connectivity index (χ3n) is 2.22. The Morgan fingerprint density at radius 2 is 1.93 bits per heavy atom. The highest BCUT2D eigenvalue weighted by atomic mass is 32.1. The van der Waals surface area contributed by atoms with Gasteiger partial charge >= 0.3 is 0 Å². The van der Waals surface area contributed by atoms with E-state index in [1.54, 1.807) is 10.6 Å². The molecule has 0 spiro atoms. The van der Waals surface area contributed by atoms with Gasteiger partial charge in [0.2, 0.25) is 0 Å². The highest BCUT2D eigenvalue weighted by molar-refractivity contribution is 7.80. The molecule has 0 aliphatic carbocycles. The van der Waals surface area contributed by atoms with Crippen LogP contribution in [-0.4, -0.2) is 10.3 Å². The molecule has 0 aliphatic heterocycles. The van der Waals surface area contributed by atoms with Crippen molar-refractivity contribution >= 4 is 23.5 Å². The Labute approximate surface area is 87.6 Å². The van der Waals surface area contributed by atoms with E-state index in [0.29, 0.717) is 12.3 Å². The second kappa shape index (κ2) is 3.88. The van der Waals surface area contributed by atoms with Crippen molar-refractivity contribution in [1.82, 2.24) is 4.57 Å². The standard InChI is InChI=1S/C11H11NOS/c13-11-6-5-9-3-1-2-4-10(9)12(11)7-8-14/h1-6,14H,7-8H2. The van der Waals surface area contributed by atoms with Gasteiger partial charge < -0.3 is 4.57 Å². The molecule has 0 N–H and O–H groups in total. The topological polar surface area (TPSA) is 22.0 Å². The summed E-state index contributed by atoms with van der Waals surface area (Å²) in [4.78, 5) is 11.6. The van der Waals surface area contributed by atoms with Crippen LogP contribution in [0.3, 0.4) is 0 Å². The van der Waals surface area contributed by atoms with Crippen LogP contribution in [0.15, 0.2) is 41.2 Å². The molecule has 2 aromatic rings. The average Bonchev–Trinajstić information content (AvgIpc) is 2.23. The highest BCUT2D eigenvalue weighted by Crippen LogP contribution is 2.10. The van der Waals surface area contributed by atoms with E-state index < -0.39 is 0 Å². The fourth-order valence-corrected chi connectivity index (χ4v) is 1.77. The van der Waals surface area contributed by atoms with Gasteiger partial charge in [0.1, 0.15) is 0 Å². The van der Waals surface area contributed by atoms with Crippen molar-refractivity contribution in [3.8, 4) is 0 Å². The molecular formula is C11H11NOS. The molecule has 1 aromatic carbocycles. The summed E-state index contributed by atoms with van der Waals surface area (Å²) >= 11 is 4.15. The number of aryl methyl sites for hydroxylation is 1. The molecule has 0 saturated heterocycles. The first-order chi connectivity index (χ1) is 6.83. The molecule has 3 heteroatoms. The lowest BCUT2D eigenvalue weighted by molar-refractivity contribution is 0.770. The summed E-state index contributed by atoms with van der Waals surface area (Å²) in [6.45, 7) is 0.656. The van der Waals surface area contributed by atoms with Crippen LogP contribution in [0.1, 0.15) is 0 Å². The van der Waals surface area contributed by atoms with E-state index in [9.17, 15) is 4.79 Å². The molecule has 2 rings (SSSR count). The van der Waals surface area contributed by atoms with E-state index in [-0.39, 0.29) is 5.56 Å². The Morgan fingerprint density at radius 3 is 2.71 bits per heavy atom. The molecule has 0 fully saturated rings. The van der Waals surface area contributed by atoms with Crippen LogP contribution in [0.4, 0.5) is 0 Å². The predicted octanol–water partition coefficient (Wildman–Crippen LogP) is 1.93. The molecule has 0 atom stereocenters. The second-order valence-corrected chi connectivity index (χ2v) is 3.55. The van der Waals surface area contributed by atoms with Gasteiger partial charge in [-0.2, -0.15) is 12.6 Å². The SMILES string of the molecule is O=c1ccc2ccccc2n1CCS. The van der Waals surface area contributed by atoms with Gasteiger partial charge in [-0.15, -0.1) is 0 Å². The van der Waals surface area contributed by atoms with Crippen LogP contribution in [0.25, 0.3) is 10.9 Å². The minimum Gasteiger partial charge on any atom is -0.307 e. The van der Waals surface area contributed by atoms with Crippen LogP contribution < -0.4 is 5.56 Å². The maximum Gasteiger partial charge on any atom is 0.251 e. The van der Waals surface area contributed by atoms with E-state index in [4.69, 9.17) is 0 Å². The normalized spacial score (nSPS) is 10.6. The molecular weight excluding hydrogens is 194 g/mol. The fraction of sp³-hybridized carbons (Fsp3) is 0.182. The zero-order valence-corrected chi connectivity index (χ0v) is 8.58. The van der Waals surface area contributed by atoms with E-state index in [2.05, 4.69) is 12.6 Å². The zero-order valence-electron chi connectivity index (χ0n) is 7.68. The van der Waals surface area contributed by atoms with Gasteiger partial charge in [-0.1, -0.05) is 18.2 Å². The number of pyridine rings is 1. The van der Waals surface area contributed by atoms with E-state index in [1.807, 2.05) is 30.3 Å². The minimum absolute atomic E-state index is 0.0396. The van der Waals surface area contributed by atoms with Crippen molar-refractivity contribution in [3.63, 3.8) is 0 Å². The highest BCUT2D eigenvalue weighted by Gasteiger charge is 2.00. The summed E-state index contributed by atoms with van der Waals surface area (Å²) in [5.41, 5.74) is 1.02. The first kappa shape index (κ1) is 9.34. The molecule has 2 nitrogen and oxygen atoms in total. The summed E-state index contributed by atoms with van der Waals surface area (Å²) < 4.78 is 1.75. The number of para-hydroxylation sites is 1. The number of aromatic nitrogens is 1. The summed E-state index contributed by atoms with van der Waals surface area (Å²) in [7, 11) is 0. The molecule has 72 valence electrons. The number of benzene rings is 1. The van der Waals surface area contributed by atoms with E-state index >= 15 is 0 Å². The summed E-state index contributed by atoms with van der Waals surface area (Å²) in [6, 6.07) is 11.3. The van der Waals surface area contributed by atoms with Crippen molar-refractivity contribution in [1.29, 1.82) is 0 Å². The Morgan fingerprint density at radius 1 is 1.14 bits per heavy atom. The van der Waals surface area contributed by atoms with Gasteiger partial charge in [-0.25, -0.2) is 0 Å². The van der Waals surface area contributed by atoms with Crippen molar-refractivity contribution in [2.24, 2.45) is 0 Å². The average molecular weight is 205 g/mol. The molecule has 0 amide bonds. The smallest absolute Gasteiger partial charge is 0.251 e. The maximum absolute atomic E-state index is 11.6. The van der Waals surface area contributed by atoms with Crippen molar-refractivity contribution in [2.75, 3.05) is 5.75 Å². The largest absolute Gasteiger partial charge is 0.307 e. The number of nitrogens with zero attached hydrogens (tertiary/aromatic N) is 1. The van der Waals surface area contributed by atoms with Gasteiger partial charge in [0, 0.05) is 18.4 Å². The molecule has 0 radical (unpaired) electrons. The summed E-state index contributed by atoms with van der Waals surface area (Å²) in [5, 5.41) is 1.09. The van der Waals surface area contributed by atoms with Gasteiger partial charge in [0.15, 0.2) is 0 Å². The van der Waals surface area contributed by atoms with Crippen LogP contribution in [0.2, 0.25) is 0 Å². The Kier molecular flexibility index (Phi) is 2.59. The fourth-order valence-electron chi connectivity index (χ4n) is 1.57. The number of rotatable bonds is 2. The minimum atomic E-state index is 0.0396. The molecule has 0 saturated carbocycles. The van der Waals surface area contributed by atoms with E-state index in [1.165, 1.54) is 0 Å². The maximum atomic E-state index is 11.6. The summed E-state index contributed by atoms with van der Waals surface area (Å²) in [6.07, 6.45) is 0. The molecule has 14 heavy (non-hydrogen) atoms. The van der Waals surface area contributed by atoms with Crippen molar-refractivity contribution in [3.05, 3.63) is 46.8 Å². The van der Waals surface area contributed by atoms with Crippen molar-refractivity contribution in [2.45, 2.75) is 6.54 Å². The van der Waals surface area contributed by atoms with Gasteiger partial charge in [0.05, 0.1) is 5.52 Å². The van der Waals surface area contributed by atoms with Gasteiger partial charge in [-0.3, -0.25) is 4.79 Å². The monoisotopic (exact) mass is 205 g/mol. The summed E-state index contributed by atoms with van der Waals surface area (Å²) in [5.74, 6) is 0.675. The Hall–Kier alpha value is -1.22. The first-order valence-corrected chi connectivity index (χ1v) is 5.15. The molecule has 1 aromatic heterocycles. The second-order valence-electron chi connectivity index (χ2n) is 3.11. The first-order valence-electron chi connectivity index (χ1n) is 4.52. The lowest BCUT2D eigenvalue weighted by atomic mass is 10.2. The molecule has 0 bridgehead atoms. The molecule has 1 heterocycles.